The Hall–Kier alpha value is -4.55. The Morgan fingerprint density at radius 2 is 1.67 bits per heavy atom. The molecule has 9 nitrogen and oxygen atoms in total. The lowest BCUT2D eigenvalue weighted by Crippen LogP contribution is -2.43. The van der Waals surface area contributed by atoms with E-state index in [2.05, 4.69) is 15.6 Å². The molecule has 9 heteroatoms. The second kappa shape index (κ2) is 14.4. The van der Waals surface area contributed by atoms with Crippen LogP contribution in [0.25, 0.3) is 0 Å². The molecule has 0 aliphatic rings. The summed E-state index contributed by atoms with van der Waals surface area (Å²) in [6, 6.07) is 26.1. The second-order valence-electron chi connectivity index (χ2n) is 9.81. The Morgan fingerprint density at radius 1 is 1.03 bits per heavy atom. The Morgan fingerprint density at radius 3 is 2.28 bits per heavy atom. The fourth-order valence-corrected chi connectivity index (χ4v) is 3.53. The normalized spacial score (nSPS) is 12.1. The van der Waals surface area contributed by atoms with Crippen LogP contribution in [0.15, 0.2) is 89.9 Å². The summed E-state index contributed by atoms with van der Waals surface area (Å²) in [5.74, 6) is 0.953. The van der Waals surface area contributed by atoms with Crippen molar-refractivity contribution in [3.63, 3.8) is 0 Å². The van der Waals surface area contributed by atoms with Gasteiger partial charge < -0.3 is 24.8 Å². The average Bonchev–Trinajstić information content (AvgIpc) is 2.91. The van der Waals surface area contributed by atoms with Gasteiger partial charge in [0.15, 0.2) is 6.19 Å². The molecule has 0 aromatic heterocycles. The first-order valence-electron chi connectivity index (χ1n) is 12.7. The third-order valence-electron chi connectivity index (χ3n) is 5.33. The number of aliphatic imine (C=N–C) groups is 1. The topological polar surface area (TPSA) is 119 Å². The van der Waals surface area contributed by atoms with Crippen LogP contribution in [-0.4, -0.2) is 53.5 Å². The first-order valence-corrected chi connectivity index (χ1v) is 12.7. The molecular weight excluding hydrogens is 494 g/mol. The van der Waals surface area contributed by atoms with Crippen molar-refractivity contribution in [2.75, 3.05) is 25.0 Å². The molecule has 3 aromatic carbocycles. The number of hydrogen-bond acceptors (Lipinski definition) is 6. The molecule has 0 aliphatic carbocycles. The van der Waals surface area contributed by atoms with Crippen molar-refractivity contribution < 1.29 is 19.4 Å². The molecule has 3 aromatic rings. The van der Waals surface area contributed by atoms with E-state index in [1.54, 1.807) is 20.8 Å². The van der Waals surface area contributed by atoms with E-state index in [-0.39, 0.29) is 13.2 Å². The molecular formula is C30H35N5O4. The highest BCUT2D eigenvalue weighted by Crippen LogP contribution is 2.16. The monoisotopic (exact) mass is 529 g/mol. The number of carbonyl (C=O) groups is 1. The first kappa shape index (κ1) is 29.0. The van der Waals surface area contributed by atoms with E-state index in [1.165, 1.54) is 4.90 Å². The van der Waals surface area contributed by atoms with Crippen LogP contribution in [-0.2, 0) is 11.2 Å². The quantitative estimate of drug-likeness (QED) is 0.145. The highest BCUT2D eigenvalue weighted by atomic mass is 16.6. The van der Waals surface area contributed by atoms with Crippen molar-refractivity contribution in [3.8, 4) is 11.9 Å². The molecule has 0 saturated carbocycles. The SMILES string of the molecule is CC(C)(C)OC(=O)N(CCc1ccc(N=C(NC#N)Nc2ccccc2)cc1)C[C@H](O)COc1ccccc1. The Kier molecular flexibility index (Phi) is 10.7. The molecule has 0 heterocycles. The van der Waals surface area contributed by atoms with E-state index in [4.69, 9.17) is 14.7 Å². The maximum atomic E-state index is 12.9. The van der Waals surface area contributed by atoms with Gasteiger partial charge in [0.2, 0.25) is 5.96 Å². The van der Waals surface area contributed by atoms with E-state index in [1.807, 2.05) is 91.1 Å². The number of carbonyl (C=O) groups excluding carboxylic acids is 1. The van der Waals surface area contributed by atoms with Gasteiger partial charge >= 0.3 is 6.09 Å². The number of hydrogen-bond donors (Lipinski definition) is 3. The summed E-state index contributed by atoms with van der Waals surface area (Å²) in [6.07, 6.45) is 1.04. The van der Waals surface area contributed by atoms with Gasteiger partial charge in [-0.25, -0.2) is 9.79 Å². The van der Waals surface area contributed by atoms with Crippen LogP contribution in [0.5, 0.6) is 5.75 Å². The highest BCUT2D eigenvalue weighted by molar-refractivity contribution is 5.96. The van der Waals surface area contributed by atoms with Crippen LogP contribution in [0.2, 0.25) is 0 Å². The smallest absolute Gasteiger partial charge is 0.410 e. The van der Waals surface area contributed by atoms with Gasteiger partial charge in [0.25, 0.3) is 0 Å². The molecule has 1 atom stereocenters. The van der Waals surface area contributed by atoms with Crippen molar-refractivity contribution in [2.24, 2.45) is 4.99 Å². The predicted molar refractivity (Wildman–Crippen MR) is 152 cm³/mol. The number of aliphatic hydroxyl groups excluding tert-OH is 1. The number of ether oxygens (including phenoxy) is 2. The summed E-state index contributed by atoms with van der Waals surface area (Å²) >= 11 is 0. The van der Waals surface area contributed by atoms with Crippen LogP contribution in [0.1, 0.15) is 26.3 Å². The molecule has 0 radical (unpaired) electrons. The van der Waals surface area contributed by atoms with Crippen molar-refractivity contribution in [2.45, 2.75) is 38.9 Å². The second-order valence-corrected chi connectivity index (χ2v) is 9.81. The van der Waals surface area contributed by atoms with Gasteiger partial charge in [0, 0.05) is 12.2 Å². The zero-order valence-corrected chi connectivity index (χ0v) is 22.5. The summed E-state index contributed by atoms with van der Waals surface area (Å²) in [5.41, 5.74) is 1.76. The lowest BCUT2D eigenvalue weighted by atomic mass is 10.1. The van der Waals surface area contributed by atoms with E-state index >= 15 is 0 Å². The van der Waals surface area contributed by atoms with Crippen LogP contribution in [0, 0.1) is 11.5 Å². The van der Waals surface area contributed by atoms with Crippen LogP contribution >= 0.6 is 0 Å². The highest BCUT2D eigenvalue weighted by Gasteiger charge is 2.24. The number of aliphatic hydroxyl groups is 1. The summed E-state index contributed by atoms with van der Waals surface area (Å²) in [7, 11) is 0. The molecule has 0 spiro atoms. The number of nitrogens with zero attached hydrogens (tertiary/aromatic N) is 3. The molecule has 0 saturated heterocycles. The van der Waals surface area contributed by atoms with Crippen LogP contribution < -0.4 is 15.4 Å². The lowest BCUT2D eigenvalue weighted by Gasteiger charge is -2.29. The largest absolute Gasteiger partial charge is 0.491 e. The number of para-hydroxylation sites is 2. The fraction of sp³-hybridized carbons (Fsp3) is 0.300. The van der Waals surface area contributed by atoms with Gasteiger partial charge in [-0.3, -0.25) is 5.32 Å². The molecule has 204 valence electrons. The molecule has 3 N–H and O–H groups in total. The zero-order valence-electron chi connectivity index (χ0n) is 22.5. The fourth-order valence-electron chi connectivity index (χ4n) is 3.53. The summed E-state index contributed by atoms with van der Waals surface area (Å²) < 4.78 is 11.2. The average molecular weight is 530 g/mol. The molecule has 3 rings (SSSR count). The van der Waals surface area contributed by atoms with Crippen molar-refractivity contribution >= 4 is 23.4 Å². The summed E-state index contributed by atoms with van der Waals surface area (Å²) in [5, 5.41) is 25.3. The molecule has 39 heavy (non-hydrogen) atoms. The molecule has 0 aliphatic heterocycles. The standard InChI is InChI=1S/C30H35N5O4/c1-30(2,3)39-29(37)35(20-26(36)21-38-27-12-8-5-9-13-27)19-18-23-14-16-25(17-15-23)34-28(32-22-31)33-24-10-6-4-7-11-24/h4-17,26,36H,18-21H2,1-3H3,(H2,32,33,34)/t26-/m0/s1. The maximum Gasteiger partial charge on any atom is 0.410 e. The Balaban J connectivity index is 1.62. The summed E-state index contributed by atoms with van der Waals surface area (Å²) in [6.45, 7) is 5.87. The molecule has 0 unspecified atom stereocenters. The lowest BCUT2D eigenvalue weighted by molar-refractivity contribution is 0.00944. The summed E-state index contributed by atoms with van der Waals surface area (Å²) in [4.78, 5) is 18.8. The van der Waals surface area contributed by atoms with E-state index in [0.717, 1.165) is 11.3 Å². The third kappa shape index (κ3) is 10.8. The minimum atomic E-state index is -0.891. The number of anilines is 1. The number of nitrogens with one attached hydrogen (secondary N) is 2. The van der Waals surface area contributed by atoms with Crippen molar-refractivity contribution in [1.29, 1.82) is 5.26 Å². The minimum Gasteiger partial charge on any atom is -0.491 e. The predicted octanol–water partition coefficient (Wildman–Crippen LogP) is 5.08. The first-order chi connectivity index (χ1) is 18.7. The van der Waals surface area contributed by atoms with Gasteiger partial charge in [-0.2, -0.15) is 5.26 Å². The third-order valence-corrected chi connectivity index (χ3v) is 5.33. The number of guanidine groups is 1. The van der Waals surface area contributed by atoms with Gasteiger partial charge in [-0.05, 0) is 69.2 Å². The maximum absolute atomic E-state index is 12.9. The minimum absolute atomic E-state index is 0.0477. The van der Waals surface area contributed by atoms with Gasteiger partial charge in [0.05, 0.1) is 12.2 Å². The van der Waals surface area contributed by atoms with Crippen LogP contribution in [0.4, 0.5) is 16.2 Å². The van der Waals surface area contributed by atoms with E-state index < -0.39 is 17.8 Å². The van der Waals surface area contributed by atoms with Gasteiger partial charge in [-0.1, -0.05) is 48.5 Å². The number of amides is 1. The molecule has 1 amide bonds. The van der Waals surface area contributed by atoms with E-state index in [9.17, 15) is 9.90 Å². The van der Waals surface area contributed by atoms with Gasteiger partial charge in [0.1, 0.15) is 24.1 Å². The number of rotatable bonds is 10. The molecule has 0 fully saturated rings. The van der Waals surface area contributed by atoms with E-state index in [0.29, 0.717) is 30.4 Å². The number of nitriles is 1. The van der Waals surface area contributed by atoms with Crippen molar-refractivity contribution in [3.05, 3.63) is 90.5 Å². The Bertz CT molecular complexity index is 1240. The van der Waals surface area contributed by atoms with Crippen LogP contribution in [0.3, 0.4) is 0 Å². The van der Waals surface area contributed by atoms with Gasteiger partial charge in [-0.15, -0.1) is 0 Å². The zero-order chi connectivity index (χ0) is 28.1. The Labute approximate surface area is 229 Å². The van der Waals surface area contributed by atoms with Crippen molar-refractivity contribution in [1.82, 2.24) is 10.2 Å². The molecule has 0 bridgehead atoms. The number of benzene rings is 3.